The molecule has 0 spiro atoms. The van der Waals surface area contributed by atoms with Gasteiger partial charge in [0.1, 0.15) is 5.60 Å². The second-order valence-corrected chi connectivity index (χ2v) is 13.5. The van der Waals surface area contributed by atoms with Crippen molar-refractivity contribution in [2.45, 2.75) is 30.8 Å². The Morgan fingerprint density at radius 1 is 0.864 bits per heavy atom. The van der Waals surface area contributed by atoms with Crippen LogP contribution in [0.25, 0.3) is 0 Å². The number of benzene rings is 4. The zero-order valence-electron chi connectivity index (χ0n) is 23.5. The van der Waals surface area contributed by atoms with Gasteiger partial charge in [-0.25, -0.2) is 0 Å². The lowest BCUT2D eigenvalue weighted by molar-refractivity contribution is -0.164. The molecule has 0 bridgehead atoms. The number of esters is 1. The van der Waals surface area contributed by atoms with Crippen LogP contribution >= 0.6 is 55.1 Å². The molecule has 1 fully saturated rings. The van der Waals surface area contributed by atoms with Crippen LogP contribution in [0.3, 0.4) is 0 Å². The van der Waals surface area contributed by atoms with E-state index in [1.54, 1.807) is 104 Å². The molecule has 1 N–H and O–H groups in total. The number of Topliss-reactive ketones (excluding diaryl/α,β-unsaturated/α-hetero) is 1. The van der Waals surface area contributed by atoms with Crippen LogP contribution in [-0.2, 0) is 15.1 Å². The monoisotopic (exact) mass is 753 g/mol. The summed E-state index contributed by atoms with van der Waals surface area (Å²) in [6, 6.07) is 29.8. The molecule has 1 aliphatic rings. The van der Waals surface area contributed by atoms with E-state index in [1.165, 1.54) is 0 Å². The summed E-state index contributed by atoms with van der Waals surface area (Å²) in [5, 5.41) is 25.1. The Labute approximate surface area is 283 Å². The molecule has 1 aliphatic carbocycles. The summed E-state index contributed by atoms with van der Waals surface area (Å²) >= 11 is 19.4. The first-order valence-corrected chi connectivity index (χ1v) is 16.3. The number of halogens is 4. The maximum Gasteiger partial charge on any atom is 0.327 e. The minimum absolute atomic E-state index is 0.0191. The van der Waals surface area contributed by atoms with Crippen molar-refractivity contribution < 1.29 is 19.4 Å². The van der Waals surface area contributed by atoms with Gasteiger partial charge in [0.2, 0.25) is 0 Å². The molecule has 0 aromatic heterocycles. The quantitative estimate of drug-likeness (QED) is 0.150. The third-order valence-corrected chi connectivity index (χ3v) is 10.0. The summed E-state index contributed by atoms with van der Waals surface area (Å²) < 4.78 is 7.21. The molecule has 224 valence electrons. The van der Waals surface area contributed by atoms with Gasteiger partial charge in [0.15, 0.2) is 11.2 Å². The standard InChI is InChI=1S/C35H27Br2Cl2NO4/c1-2-44-33(42)34(20-40)29(21-5-15-27(38)16-6-21)19-35(43,24-9-13-26(37)14-10-24)31(30(34)22-7-17-28(39)18-8-22)32(41)23-3-11-25(36)12-4-23/h3-18,29-31,43H,2,19H2,1H3/t29-,30+,31+,34+,35+/m1/s1. The summed E-state index contributed by atoms with van der Waals surface area (Å²) in [7, 11) is 0. The van der Waals surface area contributed by atoms with Gasteiger partial charge in [0, 0.05) is 36.4 Å². The van der Waals surface area contributed by atoms with E-state index < -0.39 is 40.5 Å². The van der Waals surface area contributed by atoms with Gasteiger partial charge in [-0.05, 0) is 78.6 Å². The first kappa shape index (κ1) is 32.4. The highest BCUT2D eigenvalue weighted by molar-refractivity contribution is 9.10. The van der Waals surface area contributed by atoms with E-state index in [2.05, 4.69) is 37.9 Å². The van der Waals surface area contributed by atoms with E-state index in [1.807, 2.05) is 0 Å². The number of ketones is 1. The maximum absolute atomic E-state index is 14.8. The fourth-order valence-corrected chi connectivity index (χ4v) is 7.25. The average molecular weight is 756 g/mol. The topological polar surface area (TPSA) is 87.4 Å². The minimum Gasteiger partial charge on any atom is -0.465 e. The third kappa shape index (κ3) is 5.87. The molecular formula is C35H27Br2Cl2NO4. The number of carbonyl (C=O) groups is 2. The van der Waals surface area contributed by atoms with Gasteiger partial charge >= 0.3 is 5.97 Å². The number of aliphatic hydroxyl groups is 1. The molecule has 4 aromatic rings. The number of carbonyl (C=O) groups excluding carboxylic acids is 2. The molecule has 0 amide bonds. The number of hydrogen-bond donors (Lipinski definition) is 1. The Morgan fingerprint density at radius 2 is 1.36 bits per heavy atom. The SMILES string of the molecule is CCOC(=O)[C@@]1(C#N)[C@@H](c2ccc(Cl)cc2)C[C@](O)(c2ccc(Br)cc2)[C@H](C(=O)c2ccc(Br)cc2)[C@@H]1c1ccc(Cl)cc1. The molecule has 0 unspecified atom stereocenters. The smallest absolute Gasteiger partial charge is 0.327 e. The predicted octanol–water partition coefficient (Wildman–Crippen LogP) is 9.25. The van der Waals surface area contributed by atoms with Crippen LogP contribution < -0.4 is 0 Å². The first-order chi connectivity index (χ1) is 21.0. The summed E-state index contributed by atoms with van der Waals surface area (Å²) in [5.41, 5.74) is -1.85. The number of nitrogens with zero attached hydrogens (tertiary/aromatic N) is 1. The Balaban J connectivity index is 1.89. The fourth-order valence-electron chi connectivity index (χ4n) is 6.47. The molecular weight excluding hydrogens is 729 g/mol. The second-order valence-electron chi connectivity index (χ2n) is 10.8. The highest BCUT2D eigenvalue weighted by Crippen LogP contribution is 2.64. The van der Waals surface area contributed by atoms with Crippen LogP contribution in [-0.4, -0.2) is 23.5 Å². The van der Waals surface area contributed by atoms with Crippen molar-refractivity contribution in [3.63, 3.8) is 0 Å². The summed E-state index contributed by atoms with van der Waals surface area (Å²) in [6.45, 7) is 1.69. The average Bonchev–Trinajstić information content (AvgIpc) is 3.02. The molecule has 44 heavy (non-hydrogen) atoms. The summed E-state index contributed by atoms with van der Waals surface area (Å²) in [4.78, 5) is 29.1. The number of rotatable bonds is 7. The van der Waals surface area contributed by atoms with Crippen LogP contribution in [0.5, 0.6) is 0 Å². The molecule has 5 atom stereocenters. The molecule has 5 nitrogen and oxygen atoms in total. The van der Waals surface area contributed by atoms with E-state index in [4.69, 9.17) is 27.9 Å². The maximum atomic E-state index is 14.8. The highest BCUT2D eigenvalue weighted by Gasteiger charge is 2.67. The summed E-state index contributed by atoms with van der Waals surface area (Å²) in [5.74, 6) is -4.51. The van der Waals surface area contributed by atoms with Gasteiger partial charge in [-0.3, -0.25) is 9.59 Å². The molecule has 9 heteroatoms. The van der Waals surface area contributed by atoms with E-state index >= 15 is 0 Å². The van der Waals surface area contributed by atoms with Gasteiger partial charge < -0.3 is 9.84 Å². The Kier molecular flexibility index (Phi) is 9.69. The van der Waals surface area contributed by atoms with Gasteiger partial charge in [-0.1, -0.05) is 104 Å². The molecule has 0 aliphatic heterocycles. The van der Waals surface area contributed by atoms with E-state index in [-0.39, 0.29) is 13.0 Å². The van der Waals surface area contributed by atoms with Crippen LogP contribution in [0.15, 0.2) is 106 Å². The highest BCUT2D eigenvalue weighted by atomic mass is 79.9. The normalized spacial score (nSPS) is 24.7. The molecule has 1 saturated carbocycles. The van der Waals surface area contributed by atoms with Crippen molar-refractivity contribution >= 4 is 66.8 Å². The van der Waals surface area contributed by atoms with Crippen molar-refractivity contribution in [2.75, 3.05) is 6.61 Å². The molecule has 0 radical (unpaired) electrons. The summed E-state index contributed by atoms with van der Waals surface area (Å²) in [6.07, 6.45) is -0.125. The number of hydrogen-bond acceptors (Lipinski definition) is 5. The van der Waals surface area contributed by atoms with E-state index in [9.17, 15) is 20.0 Å². The van der Waals surface area contributed by atoms with Crippen molar-refractivity contribution in [1.29, 1.82) is 5.26 Å². The van der Waals surface area contributed by atoms with Crippen LogP contribution in [0.1, 0.15) is 52.2 Å². The lowest BCUT2D eigenvalue weighted by atomic mass is 9.47. The largest absolute Gasteiger partial charge is 0.465 e. The van der Waals surface area contributed by atoms with Gasteiger partial charge in [0.05, 0.1) is 18.6 Å². The van der Waals surface area contributed by atoms with E-state index in [0.717, 1.165) is 8.95 Å². The predicted molar refractivity (Wildman–Crippen MR) is 178 cm³/mol. The minimum atomic E-state index is -1.92. The zero-order chi connectivity index (χ0) is 31.6. The first-order valence-electron chi connectivity index (χ1n) is 13.9. The molecule has 0 heterocycles. The lowest BCUT2D eigenvalue weighted by Crippen LogP contribution is -2.59. The van der Waals surface area contributed by atoms with Crippen LogP contribution in [0.2, 0.25) is 10.0 Å². The van der Waals surface area contributed by atoms with Crippen molar-refractivity contribution in [1.82, 2.24) is 0 Å². The zero-order valence-corrected chi connectivity index (χ0v) is 28.2. The van der Waals surface area contributed by atoms with Crippen molar-refractivity contribution in [2.24, 2.45) is 11.3 Å². The van der Waals surface area contributed by atoms with Crippen molar-refractivity contribution in [3.8, 4) is 6.07 Å². The van der Waals surface area contributed by atoms with Gasteiger partial charge in [0.25, 0.3) is 0 Å². The number of ether oxygens (including phenoxy) is 1. The van der Waals surface area contributed by atoms with Crippen molar-refractivity contribution in [3.05, 3.63) is 138 Å². The Hall–Kier alpha value is -2.99. The third-order valence-electron chi connectivity index (χ3n) is 8.46. The lowest BCUT2D eigenvalue weighted by Gasteiger charge is -2.54. The van der Waals surface area contributed by atoms with Gasteiger partial charge in [-0.2, -0.15) is 5.26 Å². The van der Waals surface area contributed by atoms with Gasteiger partial charge in [-0.15, -0.1) is 0 Å². The van der Waals surface area contributed by atoms with Crippen LogP contribution in [0, 0.1) is 22.7 Å². The Morgan fingerprint density at radius 3 is 1.86 bits per heavy atom. The van der Waals surface area contributed by atoms with Crippen LogP contribution in [0.4, 0.5) is 0 Å². The fraction of sp³-hybridized carbons (Fsp3) is 0.229. The second kappa shape index (κ2) is 13.2. The molecule has 5 rings (SSSR count). The molecule has 0 saturated heterocycles. The van der Waals surface area contributed by atoms with E-state index in [0.29, 0.717) is 32.3 Å². The molecule has 4 aromatic carbocycles. The Bertz CT molecular complexity index is 1710. The number of nitriles is 1.